The van der Waals surface area contributed by atoms with Gasteiger partial charge in [-0.1, -0.05) is 0 Å². The van der Waals surface area contributed by atoms with Crippen molar-refractivity contribution in [2.24, 2.45) is 0 Å². The summed E-state index contributed by atoms with van der Waals surface area (Å²) < 4.78 is 70.8. The number of benzene rings is 1. The molecule has 0 spiro atoms. The predicted octanol–water partition coefficient (Wildman–Crippen LogP) is 4.35. The van der Waals surface area contributed by atoms with Crippen molar-refractivity contribution in [3.63, 3.8) is 0 Å². The molecule has 0 amide bonds. The van der Waals surface area contributed by atoms with Crippen LogP contribution in [-0.2, 0) is 25.7 Å². The molecule has 1 fully saturated rings. The molecule has 10 heteroatoms. The van der Waals surface area contributed by atoms with E-state index in [0.717, 1.165) is 16.4 Å². The highest BCUT2D eigenvalue weighted by Gasteiger charge is 2.41. The van der Waals surface area contributed by atoms with Crippen LogP contribution in [0.3, 0.4) is 0 Å². The zero-order valence-corrected chi connectivity index (χ0v) is 17.5. The number of piperidine rings is 1. The molecule has 27 heavy (non-hydrogen) atoms. The average Bonchev–Trinajstić information content (AvgIpc) is 2.52. The molecule has 1 saturated heterocycles. The lowest BCUT2D eigenvalue weighted by molar-refractivity contribution is -0.160. The third-order valence-electron chi connectivity index (χ3n) is 3.98. The van der Waals surface area contributed by atoms with Crippen LogP contribution in [0, 0.1) is 0 Å². The second kappa shape index (κ2) is 7.71. The molecule has 1 atom stereocenters. The molecule has 1 aliphatic rings. The predicted molar refractivity (Wildman–Crippen MR) is 96.5 cm³/mol. The summed E-state index contributed by atoms with van der Waals surface area (Å²) in [5, 5.41) is 0. The van der Waals surface area contributed by atoms with E-state index >= 15 is 0 Å². The van der Waals surface area contributed by atoms with Gasteiger partial charge >= 0.3 is 12.1 Å². The van der Waals surface area contributed by atoms with Gasteiger partial charge in [0.15, 0.2) is 0 Å². The zero-order chi connectivity index (χ0) is 20.6. The van der Waals surface area contributed by atoms with Crippen molar-refractivity contribution in [1.82, 2.24) is 4.31 Å². The third kappa shape index (κ3) is 5.23. The Balaban J connectivity index is 2.39. The average molecular weight is 472 g/mol. The molecule has 5 nitrogen and oxygen atoms in total. The van der Waals surface area contributed by atoms with Crippen molar-refractivity contribution < 1.29 is 31.1 Å². The fourth-order valence-corrected chi connectivity index (χ4v) is 5.50. The van der Waals surface area contributed by atoms with Gasteiger partial charge in [0.2, 0.25) is 10.0 Å². The molecule has 1 aliphatic heterocycles. The Morgan fingerprint density at radius 2 is 1.85 bits per heavy atom. The summed E-state index contributed by atoms with van der Waals surface area (Å²) >= 11 is 2.93. The molecule has 152 valence electrons. The van der Waals surface area contributed by atoms with E-state index in [1.54, 1.807) is 20.8 Å². The molecule has 0 aromatic heterocycles. The number of nitrogens with zero attached hydrogens (tertiary/aromatic N) is 1. The Morgan fingerprint density at radius 3 is 2.37 bits per heavy atom. The SMILES string of the molecule is CC(C)(C)OC(=O)C1CCCCN1S(=O)(=O)c1ccc(C(F)(F)F)cc1Br. The molecule has 0 aliphatic carbocycles. The van der Waals surface area contributed by atoms with Crippen LogP contribution < -0.4 is 0 Å². The number of halogens is 4. The van der Waals surface area contributed by atoms with Crippen molar-refractivity contribution in [2.45, 2.75) is 62.7 Å². The van der Waals surface area contributed by atoms with E-state index in [1.807, 2.05) is 0 Å². The van der Waals surface area contributed by atoms with Crippen molar-refractivity contribution in [2.75, 3.05) is 6.54 Å². The Morgan fingerprint density at radius 1 is 1.22 bits per heavy atom. The third-order valence-corrected chi connectivity index (χ3v) is 6.86. The number of alkyl halides is 3. The Bertz CT molecular complexity index is 818. The van der Waals surface area contributed by atoms with Crippen LogP contribution in [0.1, 0.15) is 45.6 Å². The first-order valence-electron chi connectivity index (χ1n) is 8.35. The summed E-state index contributed by atoms with van der Waals surface area (Å²) in [7, 11) is -4.19. The van der Waals surface area contributed by atoms with Crippen molar-refractivity contribution in [3.05, 3.63) is 28.2 Å². The lowest BCUT2D eigenvalue weighted by atomic mass is 10.0. The fraction of sp³-hybridized carbons (Fsp3) is 0.588. The molecule has 0 radical (unpaired) electrons. The maximum absolute atomic E-state index is 13.1. The number of hydrogen-bond acceptors (Lipinski definition) is 4. The van der Waals surface area contributed by atoms with Crippen molar-refractivity contribution in [1.29, 1.82) is 0 Å². The smallest absolute Gasteiger partial charge is 0.416 e. The van der Waals surface area contributed by atoms with Crippen LogP contribution in [0.5, 0.6) is 0 Å². The van der Waals surface area contributed by atoms with E-state index in [-0.39, 0.29) is 15.9 Å². The van der Waals surface area contributed by atoms with E-state index < -0.39 is 39.4 Å². The van der Waals surface area contributed by atoms with Gasteiger partial charge in [0.25, 0.3) is 0 Å². The van der Waals surface area contributed by atoms with Gasteiger partial charge in [0.05, 0.1) is 10.5 Å². The van der Waals surface area contributed by atoms with Crippen molar-refractivity contribution >= 4 is 31.9 Å². The highest BCUT2D eigenvalue weighted by atomic mass is 79.9. The van der Waals surface area contributed by atoms with Gasteiger partial charge in [-0.15, -0.1) is 0 Å². The fourth-order valence-electron chi connectivity index (χ4n) is 2.81. The highest BCUT2D eigenvalue weighted by molar-refractivity contribution is 9.10. The normalized spacial score (nSPS) is 19.7. The number of carbonyl (C=O) groups is 1. The monoisotopic (exact) mass is 471 g/mol. The number of esters is 1. The Hall–Kier alpha value is -1.13. The minimum Gasteiger partial charge on any atom is -0.459 e. The molecule has 0 N–H and O–H groups in total. The molecular formula is C17H21BrF3NO4S. The van der Waals surface area contributed by atoms with E-state index in [0.29, 0.717) is 25.3 Å². The molecule has 2 rings (SSSR count). The summed E-state index contributed by atoms with van der Waals surface area (Å²) in [5.41, 5.74) is -1.74. The van der Waals surface area contributed by atoms with Crippen LogP contribution in [0.2, 0.25) is 0 Å². The van der Waals surface area contributed by atoms with Gasteiger partial charge in [0.1, 0.15) is 11.6 Å². The Labute approximate surface area is 165 Å². The van der Waals surface area contributed by atoms with Gasteiger partial charge in [-0.3, -0.25) is 4.79 Å². The summed E-state index contributed by atoms with van der Waals surface area (Å²) in [4.78, 5) is 12.2. The number of hydrogen-bond donors (Lipinski definition) is 0. The van der Waals surface area contributed by atoms with Gasteiger partial charge in [-0.25, -0.2) is 8.42 Å². The molecule has 0 saturated carbocycles. The van der Waals surface area contributed by atoms with Crippen LogP contribution >= 0.6 is 15.9 Å². The number of rotatable bonds is 3. The quantitative estimate of drug-likeness (QED) is 0.614. The molecular weight excluding hydrogens is 451 g/mol. The van der Waals surface area contributed by atoms with Crippen LogP contribution in [0.4, 0.5) is 13.2 Å². The first-order chi connectivity index (χ1) is 12.2. The van der Waals surface area contributed by atoms with E-state index in [2.05, 4.69) is 15.9 Å². The van der Waals surface area contributed by atoms with E-state index in [4.69, 9.17) is 4.74 Å². The van der Waals surface area contributed by atoms with Gasteiger partial charge in [-0.05, 0) is 74.2 Å². The number of carbonyl (C=O) groups excluding carboxylic acids is 1. The van der Waals surface area contributed by atoms with Crippen LogP contribution in [-0.4, -0.2) is 36.9 Å². The summed E-state index contributed by atoms with van der Waals surface area (Å²) in [6.45, 7) is 5.14. The summed E-state index contributed by atoms with van der Waals surface area (Å²) in [6.07, 6.45) is -3.08. The summed E-state index contributed by atoms with van der Waals surface area (Å²) in [5.74, 6) is -0.659. The summed E-state index contributed by atoms with van der Waals surface area (Å²) in [6, 6.07) is 1.34. The molecule has 1 aromatic carbocycles. The molecule has 0 bridgehead atoms. The second-order valence-corrected chi connectivity index (χ2v) is 10.0. The topological polar surface area (TPSA) is 63.7 Å². The maximum Gasteiger partial charge on any atom is 0.416 e. The molecule has 1 unspecified atom stereocenters. The molecule has 1 heterocycles. The Kier molecular flexibility index (Phi) is 6.33. The highest BCUT2D eigenvalue weighted by Crippen LogP contribution is 2.36. The van der Waals surface area contributed by atoms with Crippen LogP contribution in [0.25, 0.3) is 0 Å². The van der Waals surface area contributed by atoms with E-state index in [1.165, 1.54) is 0 Å². The van der Waals surface area contributed by atoms with Crippen molar-refractivity contribution in [3.8, 4) is 0 Å². The van der Waals surface area contributed by atoms with Gasteiger partial charge in [0, 0.05) is 11.0 Å². The number of ether oxygens (including phenoxy) is 1. The molecule has 1 aromatic rings. The minimum atomic E-state index is -4.59. The number of sulfonamides is 1. The van der Waals surface area contributed by atoms with Gasteiger partial charge in [-0.2, -0.15) is 17.5 Å². The lowest BCUT2D eigenvalue weighted by Gasteiger charge is -2.35. The van der Waals surface area contributed by atoms with Gasteiger partial charge < -0.3 is 4.74 Å². The van der Waals surface area contributed by atoms with Crippen LogP contribution in [0.15, 0.2) is 27.6 Å². The largest absolute Gasteiger partial charge is 0.459 e. The first kappa shape index (κ1) is 22.2. The maximum atomic E-state index is 13.1. The zero-order valence-electron chi connectivity index (χ0n) is 15.1. The second-order valence-electron chi connectivity index (χ2n) is 7.30. The van der Waals surface area contributed by atoms with E-state index in [9.17, 15) is 26.4 Å². The minimum absolute atomic E-state index is 0.0969. The lowest BCUT2D eigenvalue weighted by Crippen LogP contribution is -2.49. The first-order valence-corrected chi connectivity index (χ1v) is 10.6. The standard InChI is InChI=1S/C17H21BrF3NO4S/c1-16(2,3)26-15(23)13-6-4-5-9-22(13)27(24,25)14-8-7-11(10-12(14)18)17(19,20)21/h7-8,10,13H,4-6,9H2,1-3H3.